The monoisotopic (exact) mass is 171 g/mol. The van der Waals surface area contributed by atoms with Gasteiger partial charge in [-0.25, -0.2) is 0 Å². The molecule has 7 heteroatoms. The molecule has 7 nitrogen and oxygen atoms in total. The minimum Gasteiger partial charge on any atom is -0.390 e. The summed E-state index contributed by atoms with van der Waals surface area (Å²) in [7, 11) is 0. The predicted molar refractivity (Wildman–Crippen MR) is 41.0 cm³/mol. The Balaban J connectivity index is 2.29. The third-order valence-corrected chi connectivity index (χ3v) is 1.09. The second-order valence-corrected chi connectivity index (χ2v) is 2.09. The van der Waals surface area contributed by atoms with E-state index >= 15 is 0 Å². The fourth-order valence-electron chi connectivity index (χ4n) is 0.599. The molecule has 0 atom stereocenters. The van der Waals surface area contributed by atoms with Crippen molar-refractivity contribution < 1.29 is 9.21 Å². The van der Waals surface area contributed by atoms with Crippen LogP contribution in [0.15, 0.2) is 4.42 Å². The van der Waals surface area contributed by atoms with Crippen molar-refractivity contribution in [1.82, 2.24) is 10.2 Å². The minimum atomic E-state index is -0.394. The summed E-state index contributed by atoms with van der Waals surface area (Å²) >= 11 is 0. The highest BCUT2D eigenvalue weighted by atomic mass is 16.4. The van der Waals surface area contributed by atoms with Gasteiger partial charge in [-0.3, -0.25) is 4.79 Å². The van der Waals surface area contributed by atoms with Gasteiger partial charge in [0.15, 0.2) is 0 Å². The average Bonchev–Trinajstić information content (AvgIpc) is 2.35. The molecular weight excluding hydrogens is 162 g/mol. The highest BCUT2D eigenvalue weighted by Crippen LogP contribution is 2.04. The highest BCUT2D eigenvalue weighted by Gasteiger charge is 2.01. The van der Waals surface area contributed by atoms with Gasteiger partial charge in [-0.05, 0) is 0 Å². The third-order valence-electron chi connectivity index (χ3n) is 1.09. The van der Waals surface area contributed by atoms with Crippen LogP contribution < -0.4 is 16.8 Å². The number of amides is 1. The molecule has 0 aromatic carbocycles. The first kappa shape index (κ1) is 8.31. The van der Waals surface area contributed by atoms with Gasteiger partial charge in [0, 0.05) is 13.0 Å². The number of nitrogen functional groups attached to an aromatic ring is 1. The Morgan fingerprint density at radius 3 is 2.83 bits per heavy atom. The molecule has 0 spiro atoms. The fraction of sp³-hybridized carbons (Fsp3) is 0.400. The Morgan fingerprint density at radius 2 is 2.33 bits per heavy atom. The minimum absolute atomic E-state index is 0.0171. The molecule has 12 heavy (non-hydrogen) atoms. The maximum Gasteiger partial charge on any atom is 0.316 e. The van der Waals surface area contributed by atoms with Gasteiger partial charge in [0.25, 0.3) is 0 Å². The first-order chi connectivity index (χ1) is 5.68. The van der Waals surface area contributed by atoms with E-state index in [2.05, 4.69) is 15.5 Å². The molecule has 1 aromatic heterocycles. The molecule has 0 fully saturated rings. The molecule has 5 N–H and O–H groups in total. The van der Waals surface area contributed by atoms with Crippen molar-refractivity contribution in [1.29, 1.82) is 0 Å². The number of carbonyl (C=O) groups is 1. The van der Waals surface area contributed by atoms with E-state index in [-0.39, 0.29) is 18.5 Å². The van der Waals surface area contributed by atoms with E-state index in [0.717, 1.165) is 0 Å². The molecule has 0 aliphatic heterocycles. The summed E-state index contributed by atoms with van der Waals surface area (Å²) < 4.78 is 4.76. The number of hydrogen-bond donors (Lipinski definition) is 3. The predicted octanol–water partition coefficient (Wildman–Crippen LogP) is -1.06. The molecule has 1 heterocycles. The summed E-state index contributed by atoms with van der Waals surface area (Å²) in [4.78, 5) is 10.3. The number of aromatic nitrogens is 2. The van der Waals surface area contributed by atoms with Crippen LogP contribution in [-0.2, 0) is 4.79 Å². The Kier molecular flexibility index (Phi) is 2.46. The van der Waals surface area contributed by atoms with Gasteiger partial charge in [0.1, 0.15) is 0 Å². The van der Waals surface area contributed by atoms with Gasteiger partial charge in [-0.2, -0.15) is 0 Å². The lowest BCUT2D eigenvalue weighted by atomic mass is 10.4. The van der Waals surface area contributed by atoms with E-state index in [0.29, 0.717) is 6.54 Å². The maximum absolute atomic E-state index is 10.3. The standard InChI is InChI=1S/C5H9N5O2/c6-3(11)1-2-8-5-10-9-4(7)12-5/h1-2H2,(H2,6,11)(H2,7,9)(H,8,10). The molecule has 66 valence electrons. The number of primary amides is 1. The van der Waals surface area contributed by atoms with Crippen molar-refractivity contribution in [2.24, 2.45) is 5.73 Å². The number of rotatable bonds is 4. The Hall–Kier alpha value is -1.79. The zero-order valence-corrected chi connectivity index (χ0v) is 6.28. The second kappa shape index (κ2) is 3.56. The van der Waals surface area contributed by atoms with Crippen LogP contribution in [0.4, 0.5) is 12.0 Å². The van der Waals surface area contributed by atoms with Gasteiger partial charge < -0.3 is 21.2 Å². The van der Waals surface area contributed by atoms with E-state index < -0.39 is 5.91 Å². The Bertz CT molecular complexity index is 271. The Labute approximate surface area is 68.1 Å². The smallest absolute Gasteiger partial charge is 0.316 e. The number of nitrogens with zero attached hydrogens (tertiary/aromatic N) is 2. The fourth-order valence-corrected chi connectivity index (χ4v) is 0.599. The molecule has 1 amide bonds. The van der Waals surface area contributed by atoms with Gasteiger partial charge >= 0.3 is 12.0 Å². The number of nitrogens with two attached hydrogens (primary N) is 2. The normalized spacial score (nSPS) is 9.67. The van der Waals surface area contributed by atoms with Crippen LogP contribution in [0.25, 0.3) is 0 Å². The molecule has 0 unspecified atom stereocenters. The molecule has 1 aromatic rings. The highest BCUT2D eigenvalue weighted by molar-refractivity contribution is 5.74. The molecule has 0 aliphatic carbocycles. The van der Waals surface area contributed by atoms with Crippen molar-refractivity contribution in [3.05, 3.63) is 0 Å². The summed E-state index contributed by atoms with van der Waals surface area (Å²) in [5.74, 6) is -0.394. The SMILES string of the molecule is NC(=O)CCNc1nnc(N)o1. The topological polar surface area (TPSA) is 120 Å². The van der Waals surface area contributed by atoms with E-state index in [1.165, 1.54) is 0 Å². The molecule has 0 bridgehead atoms. The quantitative estimate of drug-likeness (QED) is 0.531. The summed E-state index contributed by atoms with van der Waals surface area (Å²) in [6.07, 6.45) is 0.211. The van der Waals surface area contributed by atoms with Gasteiger partial charge in [-0.1, -0.05) is 10.2 Å². The summed E-state index contributed by atoms with van der Waals surface area (Å²) in [5.41, 5.74) is 10.0. The van der Waals surface area contributed by atoms with Crippen LogP contribution in [0.1, 0.15) is 6.42 Å². The number of hydrogen-bond acceptors (Lipinski definition) is 6. The van der Waals surface area contributed by atoms with E-state index in [1.807, 2.05) is 0 Å². The number of anilines is 2. The molecule has 1 rings (SSSR count). The van der Waals surface area contributed by atoms with Gasteiger partial charge in [0.05, 0.1) is 0 Å². The Morgan fingerprint density at radius 1 is 1.58 bits per heavy atom. The molecule has 0 saturated heterocycles. The zero-order valence-electron chi connectivity index (χ0n) is 6.28. The number of carbonyl (C=O) groups excluding carboxylic acids is 1. The molecule has 0 radical (unpaired) electrons. The van der Waals surface area contributed by atoms with Crippen molar-refractivity contribution >= 4 is 17.9 Å². The van der Waals surface area contributed by atoms with Crippen molar-refractivity contribution in [3.8, 4) is 0 Å². The van der Waals surface area contributed by atoms with Crippen LogP contribution in [0.5, 0.6) is 0 Å². The van der Waals surface area contributed by atoms with Crippen molar-refractivity contribution in [2.45, 2.75) is 6.42 Å². The van der Waals surface area contributed by atoms with E-state index in [1.54, 1.807) is 0 Å². The lowest BCUT2D eigenvalue weighted by Crippen LogP contribution is -2.15. The first-order valence-corrected chi connectivity index (χ1v) is 3.29. The van der Waals surface area contributed by atoms with Crippen LogP contribution in [-0.4, -0.2) is 22.6 Å². The van der Waals surface area contributed by atoms with E-state index in [9.17, 15) is 4.79 Å². The lowest BCUT2D eigenvalue weighted by Gasteiger charge is -1.95. The lowest BCUT2D eigenvalue weighted by molar-refractivity contribution is -0.117. The van der Waals surface area contributed by atoms with E-state index in [4.69, 9.17) is 15.9 Å². The average molecular weight is 171 g/mol. The zero-order chi connectivity index (χ0) is 8.97. The number of nitrogens with one attached hydrogen (secondary N) is 1. The van der Waals surface area contributed by atoms with Crippen LogP contribution in [0.2, 0.25) is 0 Å². The van der Waals surface area contributed by atoms with Gasteiger partial charge in [-0.15, -0.1) is 0 Å². The first-order valence-electron chi connectivity index (χ1n) is 3.29. The maximum atomic E-state index is 10.3. The van der Waals surface area contributed by atoms with Crippen molar-refractivity contribution in [3.63, 3.8) is 0 Å². The molecular formula is C5H9N5O2. The summed E-state index contributed by atoms with van der Waals surface area (Å²) in [6.45, 7) is 0.358. The largest absolute Gasteiger partial charge is 0.390 e. The van der Waals surface area contributed by atoms with Gasteiger partial charge in [0.2, 0.25) is 5.91 Å². The second-order valence-electron chi connectivity index (χ2n) is 2.09. The summed E-state index contributed by atoms with van der Waals surface area (Å²) in [6, 6.07) is 0.172. The summed E-state index contributed by atoms with van der Waals surface area (Å²) in [5, 5.41) is 9.58. The van der Waals surface area contributed by atoms with Crippen LogP contribution in [0.3, 0.4) is 0 Å². The van der Waals surface area contributed by atoms with Crippen LogP contribution >= 0.6 is 0 Å². The molecule has 0 saturated carbocycles. The van der Waals surface area contributed by atoms with Crippen molar-refractivity contribution in [2.75, 3.05) is 17.6 Å². The third kappa shape index (κ3) is 2.45. The van der Waals surface area contributed by atoms with Crippen LogP contribution in [0, 0.1) is 0 Å². The molecule has 0 aliphatic rings.